The van der Waals surface area contributed by atoms with Gasteiger partial charge in [-0.1, -0.05) is 30.3 Å². The molecule has 0 fully saturated rings. The highest BCUT2D eigenvalue weighted by atomic mass is 19.1. The minimum Gasteiger partial charge on any atom is -0.458 e. The summed E-state index contributed by atoms with van der Waals surface area (Å²) < 4.78 is 18.0. The zero-order chi connectivity index (χ0) is 16.8. The summed E-state index contributed by atoms with van der Waals surface area (Å²) in [7, 11) is 0. The Hall–Kier alpha value is -2.95. The van der Waals surface area contributed by atoms with Gasteiger partial charge in [0.25, 0.3) is 0 Å². The minimum atomic E-state index is -0.574. The van der Waals surface area contributed by atoms with Gasteiger partial charge in [-0.3, -0.25) is 4.79 Å². The monoisotopic (exact) mass is 313 g/mol. The molecule has 0 saturated heterocycles. The molecule has 1 amide bonds. The molecule has 2 rings (SSSR count). The third-order valence-electron chi connectivity index (χ3n) is 3.29. The Morgan fingerprint density at radius 3 is 2.43 bits per heavy atom. The van der Waals surface area contributed by atoms with Gasteiger partial charge in [0, 0.05) is 17.2 Å². The summed E-state index contributed by atoms with van der Waals surface area (Å²) in [4.78, 5) is 23.2. The molecule has 0 unspecified atom stereocenters. The Balaban J connectivity index is 2.04. The number of hydrogen-bond acceptors (Lipinski definition) is 3. The van der Waals surface area contributed by atoms with E-state index in [9.17, 15) is 14.0 Å². The summed E-state index contributed by atoms with van der Waals surface area (Å²) in [5, 5.41) is 0. The van der Waals surface area contributed by atoms with E-state index in [-0.39, 0.29) is 12.4 Å². The molecular weight excluding hydrogens is 297 g/mol. The predicted octanol–water partition coefficient (Wildman–Crippen LogP) is 3.07. The van der Waals surface area contributed by atoms with E-state index in [0.29, 0.717) is 16.7 Å². The maximum atomic E-state index is 12.9. The quantitative estimate of drug-likeness (QED) is 0.681. The highest BCUT2D eigenvalue weighted by Crippen LogP contribution is 2.15. The minimum absolute atomic E-state index is 0.0505. The fourth-order valence-electron chi connectivity index (χ4n) is 2.05. The normalized spacial score (nSPS) is 11.1. The third-order valence-corrected chi connectivity index (χ3v) is 3.29. The van der Waals surface area contributed by atoms with Gasteiger partial charge in [0.1, 0.15) is 12.4 Å². The van der Waals surface area contributed by atoms with Gasteiger partial charge in [-0.2, -0.15) is 0 Å². The number of carbonyl (C=O) groups excluding carboxylic acids is 2. The van der Waals surface area contributed by atoms with Crippen LogP contribution in [-0.4, -0.2) is 11.9 Å². The van der Waals surface area contributed by atoms with Crippen LogP contribution >= 0.6 is 0 Å². The number of ether oxygens (including phenoxy) is 1. The van der Waals surface area contributed by atoms with Crippen molar-refractivity contribution in [3.63, 3.8) is 0 Å². The SMILES string of the molecule is CC(=CC(=O)OCc1ccccc1C(N)=O)c1ccc(F)cc1. The van der Waals surface area contributed by atoms with Crippen molar-refractivity contribution in [3.05, 3.63) is 77.1 Å². The van der Waals surface area contributed by atoms with Crippen molar-refractivity contribution in [2.75, 3.05) is 0 Å². The molecule has 0 heterocycles. The molecule has 23 heavy (non-hydrogen) atoms. The Bertz CT molecular complexity index is 751. The number of allylic oxidation sites excluding steroid dienone is 1. The first-order chi connectivity index (χ1) is 11.0. The van der Waals surface area contributed by atoms with Crippen LogP contribution in [0.15, 0.2) is 54.6 Å². The van der Waals surface area contributed by atoms with Crippen molar-refractivity contribution in [1.29, 1.82) is 0 Å². The first-order valence-electron chi connectivity index (χ1n) is 6.96. The second-order valence-corrected chi connectivity index (χ2v) is 4.96. The molecule has 5 heteroatoms. The van der Waals surface area contributed by atoms with Gasteiger partial charge < -0.3 is 10.5 Å². The molecule has 0 atom stereocenters. The highest BCUT2D eigenvalue weighted by molar-refractivity contribution is 5.94. The number of hydrogen-bond donors (Lipinski definition) is 1. The van der Waals surface area contributed by atoms with Crippen molar-refractivity contribution >= 4 is 17.4 Å². The van der Waals surface area contributed by atoms with Crippen LogP contribution in [0.4, 0.5) is 4.39 Å². The van der Waals surface area contributed by atoms with Crippen LogP contribution < -0.4 is 5.73 Å². The average molecular weight is 313 g/mol. The van der Waals surface area contributed by atoms with Crippen LogP contribution in [0.3, 0.4) is 0 Å². The van der Waals surface area contributed by atoms with Crippen LogP contribution in [-0.2, 0) is 16.1 Å². The topological polar surface area (TPSA) is 69.4 Å². The lowest BCUT2D eigenvalue weighted by Gasteiger charge is -2.07. The number of primary amides is 1. The first kappa shape index (κ1) is 16.4. The molecule has 0 radical (unpaired) electrons. The fourth-order valence-corrected chi connectivity index (χ4v) is 2.05. The largest absolute Gasteiger partial charge is 0.458 e. The van der Waals surface area contributed by atoms with E-state index in [1.807, 2.05) is 0 Å². The van der Waals surface area contributed by atoms with E-state index in [1.54, 1.807) is 43.3 Å². The van der Waals surface area contributed by atoms with Crippen molar-refractivity contribution in [3.8, 4) is 0 Å². The van der Waals surface area contributed by atoms with Crippen LogP contribution in [0, 0.1) is 5.82 Å². The Morgan fingerprint density at radius 2 is 1.78 bits per heavy atom. The summed E-state index contributed by atoms with van der Waals surface area (Å²) in [5.74, 6) is -1.46. The molecule has 4 nitrogen and oxygen atoms in total. The lowest BCUT2D eigenvalue weighted by molar-refractivity contribution is -0.138. The number of amides is 1. The molecule has 0 spiro atoms. The second-order valence-electron chi connectivity index (χ2n) is 4.96. The van der Waals surface area contributed by atoms with E-state index < -0.39 is 11.9 Å². The molecule has 2 aromatic rings. The zero-order valence-electron chi connectivity index (χ0n) is 12.6. The second kappa shape index (κ2) is 7.35. The van der Waals surface area contributed by atoms with E-state index in [4.69, 9.17) is 10.5 Å². The smallest absolute Gasteiger partial charge is 0.331 e. The van der Waals surface area contributed by atoms with Crippen molar-refractivity contribution in [1.82, 2.24) is 0 Å². The summed E-state index contributed by atoms with van der Waals surface area (Å²) in [6, 6.07) is 12.5. The number of halogens is 1. The van der Waals surface area contributed by atoms with Crippen molar-refractivity contribution in [2.45, 2.75) is 13.5 Å². The van der Waals surface area contributed by atoms with Gasteiger partial charge in [-0.15, -0.1) is 0 Å². The van der Waals surface area contributed by atoms with Gasteiger partial charge >= 0.3 is 5.97 Å². The predicted molar refractivity (Wildman–Crippen MR) is 84.8 cm³/mol. The maximum Gasteiger partial charge on any atom is 0.331 e. The van der Waals surface area contributed by atoms with Gasteiger partial charge in [0.05, 0.1) is 0 Å². The zero-order valence-corrected chi connectivity index (χ0v) is 12.6. The average Bonchev–Trinajstić information content (AvgIpc) is 2.53. The summed E-state index contributed by atoms with van der Waals surface area (Å²) in [6.07, 6.45) is 1.32. The molecule has 0 bridgehead atoms. The molecule has 118 valence electrons. The lowest BCUT2D eigenvalue weighted by atomic mass is 10.1. The molecule has 0 aromatic heterocycles. The van der Waals surface area contributed by atoms with Crippen LogP contribution in [0.2, 0.25) is 0 Å². The number of carbonyl (C=O) groups is 2. The van der Waals surface area contributed by atoms with Gasteiger partial charge in [-0.25, -0.2) is 9.18 Å². The molecule has 2 N–H and O–H groups in total. The van der Waals surface area contributed by atoms with Gasteiger partial charge in [-0.05, 0) is 36.3 Å². The van der Waals surface area contributed by atoms with Crippen LogP contribution in [0.5, 0.6) is 0 Å². The fraction of sp³-hybridized carbons (Fsp3) is 0.111. The highest BCUT2D eigenvalue weighted by Gasteiger charge is 2.09. The third kappa shape index (κ3) is 4.51. The Morgan fingerprint density at radius 1 is 1.13 bits per heavy atom. The van der Waals surface area contributed by atoms with E-state index in [2.05, 4.69) is 0 Å². The Labute approximate surface area is 133 Å². The van der Waals surface area contributed by atoms with E-state index in [0.717, 1.165) is 5.56 Å². The summed E-state index contributed by atoms with van der Waals surface area (Å²) >= 11 is 0. The van der Waals surface area contributed by atoms with Gasteiger partial charge in [0.2, 0.25) is 5.91 Å². The van der Waals surface area contributed by atoms with Crippen molar-refractivity contribution < 1.29 is 18.7 Å². The molecule has 0 aliphatic rings. The Kier molecular flexibility index (Phi) is 5.25. The first-order valence-corrected chi connectivity index (χ1v) is 6.96. The van der Waals surface area contributed by atoms with Crippen LogP contribution in [0.1, 0.15) is 28.4 Å². The van der Waals surface area contributed by atoms with Crippen LogP contribution in [0.25, 0.3) is 5.57 Å². The standard InChI is InChI=1S/C18H16FNO3/c1-12(13-6-8-15(19)9-7-13)10-17(21)23-11-14-4-2-3-5-16(14)18(20)22/h2-10H,11H2,1H3,(H2,20,22). The molecular formula is C18H16FNO3. The molecule has 0 aliphatic carbocycles. The van der Waals surface area contributed by atoms with E-state index in [1.165, 1.54) is 18.2 Å². The summed E-state index contributed by atoms with van der Waals surface area (Å²) in [6.45, 7) is 1.68. The molecule has 0 aliphatic heterocycles. The molecule has 2 aromatic carbocycles. The lowest BCUT2D eigenvalue weighted by Crippen LogP contribution is -2.14. The number of esters is 1. The maximum absolute atomic E-state index is 12.9. The van der Waals surface area contributed by atoms with E-state index >= 15 is 0 Å². The molecule has 0 saturated carbocycles. The number of nitrogens with two attached hydrogens (primary N) is 1. The van der Waals surface area contributed by atoms with Gasteiger partial charge in [0.15, 0.2) is 0 Å². The van der Waals surface area contributed by atoms with Crippen molar-refractivity contribution in [2.24, 2.45) is 5.73 Å². The number of rotatable bonds is 5. The number of benzene rings is 2. The summed E-state index contributed by atoms with van der Waals surface area (Å²) in [5.41, 5.74) is 7.50.